The molecule has 3 aromatic rings. The first-order valence-corrected chi connectivity index (χ1v) is 9.05. The molecule has 0 spiro atoms. The minimum Gasteiger partial charge on any atom is -0.337 e. The predicted molar refractivity (Wildman–Crippen MR) is 101 cm³/mol. The quantitative estimate of drug-likeness (QED) is 0.595. The average Bonchev–Trinajstić information content (AvgIpc) is 3.22. The molecular weight excluding hydrogens is 386 g/mol. The fourth-order valence-corrected chi connectivity index (χ4v) is 3.69. The van der Waals surface area contributed by atoms with Gasteiger partial charge in [0.25, 0.3) is 0 Å². The first-order valence-electron chi connectivity index (χ1n) is 7.38. The Morgan fingerprint density at radius 2 is 2.17 bits per heavy atom. The molecule has 4 nitrogen and oxygen atoms in total. The highest BCUT2D eigenvalue weighted by atomic mass is 79.9. The van der Waals surface area contributed by atoms with Crippen LogP contribution >= 0.6 is 27.3 Å². The second-order valence-corrected chi connectivity index (χ2v) is 7.22. The second kappa shape index (κ2) is 7.59. The van der Waals surface area contributed by atoms with Crippen LogP contribution < -0.4 is 0 Å². The molecule has 0 saturated heterocycles. The molecule has 0 aliphatic carbocycles. The number of carbonyl (C=O) groups is 1. The molecule has 0 unspecified atom stereocenters. The third-order valence-electron chi connectivity index (χ3n) is 3.43. The number of para-hydroxylation sites is 1. The van der Waals surface area contributed by atoms with Crippen LogP contribution in [0.4, 0.5) is 0 Å². The van der Waals surface area contributed by atoms with Crippen molar-refractivity contribution in [3.63, 3.8) is 0 Å². The second-order valence-electron chi connectivity index (χ2n) is 5.31. The molecule has 2 aromatic heterocycles. The van der Waals surface area contributed by atoms with Gasteiger partial charge in [0.15, 0.2) is 0 Å². The summed E-state index contributed by atoms with van der Waals surface area (Å²) in [6.07, 6.45) is 7.01. The molecule has 122 valence electrons. The lowest BCUT2D eigenvalue weighted by molar-refractivity contribution is -0.125. The van der Waals surface area contributed by atoms with Crippen molar-refractivity contribution in [1.82, 2.24) is 14.7 Å². The van der Waals surface area contributed by atoms with Gasteiger partial charge in [-0.1, -0.05) is 18.2 Å². The van der Waals surface area contributed by atoms with E-state index in [2.05, 4.69) is 21.0 Å². The molecule has 24 heavy (non-hydrogen) atoms. The maximum atomic E-state index is 12.2. The summed E-state index contributed by atoms with van der Waals surface area (Å²) in [5, 5.41) is 6.33. The number of hydrogen-bond donors (Lipinski definition) is 0. The molecule has 1 aromatic carbocycles. The molecule has 0 N–H and O–H groups in total. The molecular formula is C18H16BrN3OS. The number of amides is 1. The number of nitrogens with zero attached hydrogens (tertiary/aromatic N) is 3. The smallest absolute Gasteiger partial charge is 0.246 e. The number of hydrogen-bond acceptors (Lipinski definition) is 3. The van der Waals surface area contributed by atoms with Crippen LogP contribution in [0, 0.1) is 0 Å². The molecule has 2 heterocycles. The monoisotopic (exact) mass is 401 g/mol. The van der Waals surface area contributed by atoms with Gasteiger partial charge >= 0.3 is 0 Å². The van der Waals surface area contributed by atoms with E-state index < -0.39 is 0 Å². The molecule has 3 rings (SSSR count). The van der Waals surface area contributed by atoms with Gasteiger partial charge in [-0.05, 0) is 40.2 Å². The largest absolute Gasteiger partial charge is 0.337 e. The number of likely N-dealkylation sites (N-methyl/N-ethyl adjacent to an activating group) is 1. The van der Waals surface area contributed by atoms with Crippen LogP contribution in [0.15, 0.2) is 64.7 Å². The third-order valence-corrected chi connectivity index (χ3v) is 5.12. The SMILES string of the molecule is CN(Cc1cc(Br)cs1)C(=O)/C=C/c1cnn(-c2ccccc2)c1. The van der Waals surface area contributed by atoms with Gasteiger partial charge in [-0.15, -0.1) is 11.3 Å². The van der Waals surface area contributed by atoms with Gasteiger partial charge < -0.3 is 4.90 Å². The number of rotatable bonds is 5. The van der Waals surface area contributed by atoms with E-state index in [-0.39, 0.29) is 5.91 Å². The normalized spacial score (nSPS) is 11.1. The van der Waals surface area contributed by atoms with Crippen LogP contribution in [0.3, 0.4) is 0 Å². The third kappa shape index (κ3) is 4.21. The van der Waals surface area contributed by atoms with Gasteiger partial charge in [-0.25, -0.2) is 4.68 Å². The summed E-state index contributed by atoms with van der Waals surface area (Å²) in [5.41, 5.74) is 1.88. The number of halogens is 1. The van der Waals surface area contributed by atoms with Crippen molar-refractivity contribution in [2.24, 2.45) is 0 Å². The number of thiophene rings is 1. The van der Waals surface area contributed by atoms with E-state index in [1.807, 2.05) is 48.0 Å². The standard InChI is InChI=1S/C18H16BrN3OS/c1-21(12-17-9-15(19)13-24-17)18(23)8-7-14-10-20-22(11-14)16-5-3-2-4-6-16/h2-11,13H,12H2,1H3/b8-7+. The summed E-state index contributed by atoms with van der Waals surface area (Å²) in [4.78, 5) is 15.0. The summed E-state index contributed by atoms with van der Waals surface area (Å²) >= 11 is 5.06. The summed E-state index contributed by atoms with van der Waals surface area (Å²) in [6, 6.07) is 11.9. The highest BCUT2D eigenvalue weighted by molar-refractivity contribution is 9.10. The zero-order chi connectivity index (χ0) is 16.9. The predicted octanol–water partition coefficient (Wildman–Crippen LogP) is 4.37. The Morgan fingerprint density at radius 1 is 1.38 bits per heavy atom. The van der Waals surface area contributed by atoms with Crippen LogP contribution in [0.1, 0.15) is 10.4 Å². The van der Waals surface area contributed by atoms with Gasteiger partial charge in [0.05, 0.1) is 18.4 Å². The first-order chi connectivity index (χ1) is 11.6. The minimum atomic E-state index is -0.0352. The van der Waals surface area contributed by atoms with E-state index in [0.717, 1.165) is 20.6 Å². The Balaban J connectivity index is 1.63. The number of carbonyl (C=O) groups excluding carboxylic acids is 1. The van der Waals surface area contributed by atoms with Gasteiger partial charge in [0, 0.05) is 39.6 Å². The van der Waals surface area contributed by atoms with Gasteiger partial charge in [0.1, 0.15) is 0 Å². The Hall–Kier alpha value is -2.18. The summed E-state index contributed by atoms with van der Waals surface area (Å²) in [7, 11) is 1.80. The molecule has 0 atom stereocenters. The van der Waals surface area contributed by atoms with Crippen LogP contribution in [0.25, 0.3) is 11.8 Å². The number of benzene rings is 1. The van der Waals surface area contributed by atoms with Crippen molar-refractivity contribution in [3.8, 4) is 5.69 Å². The van der Waals surface area contributed by atoms with E-state index in [1.165, 1.54) is 0 Å². The molecule has 0 aliphatic rings. The van der Waals surface area contributed by atoms with Crippen LogP contribution in [-0.2, 0) is 11.3 Å². The van der Waals surface area contributed by atoms with Crippen molar-refractivity contribution in [1.29, 1.82) is 0 Å². The zero-order valence-electron chi connectivity index (χ0n) is 13.1. The Kier molecular flexibility index (Phi) is 5.27. The highest BCUT2D eigenvalue weighted by Crippen LogP contribution is 2.21. The fraction of sp³-hybridized carbons (Fsp3) is 0.111. The van der Waals surface area contributed by atoms with Crippen molar-refractivity contribution in [3.05, 3.63) is 75.2 Å². The highest BCUT2D eigenvalue weighted by Gasteiger charge is 2.07. The topological polar surface area (TPSA) is 38.1 Å². The Bertz CT molecular complexity index is 854. The van der Waals surface area contributed by atoms with Crippen LogP contribution in [0.2, 0.25) is 0 Å². The summed E-state index contributed by atoms with van der Waals surface area (Å²) in [6.45, 7) is 0.600. The van der Waals surface area contributed by atoms with Crippen molar-refractivity contribution >= 4 is 39.2 Å². The van der Waals surface area contributed by atoms with Crippen molar-refractivity contribution < 1.29 is 4.79 Å². The molecule has 0 aliphatic heterocycles. The van der Waals surface area contributed by atoms with Gasteiger partial charge in [-0.3, -0.25) is 4.79 Å². The van der Waals surface area contributed by atoms with Crippen LogP contribution in [0.5, 0.6) is 0 Å². The lowest BCUT2D eigenvalue weighted by Crippen LogP contribution is -2.23. The Morgan fingerprint density at radius 3 is 2.88 bits per heavy atom. The van der Waals surface area contributed by atoms with E-state index in [1.54, 1.807) is 46.3 Å². The lowest BCUT2D eigenvalue weighted by Gasteiger charge is -2.13. The summed E-state index contributed by atoms with van der Waals surface area (Å²) in [5.74, 6) is -0.0352. The van der Waals surface area contributed by atoms with Crippen molar-refractivity contribution in [2.45, 2.75) is 6.54 Å². The first kappa shape index (κ1) is 16.7. The minimum absolute atomic E-state index is 0.0352. The van der Waals surface area contributed by atoms with E-state index in [0.29, 0.717) is 6.54 Å². The molecule has 0 bridgehead atoms. The van der Waals surface area contributed by atoms with Crippen LogP contribution in [-0.4, -0.2) is 27.6 Å². The fourth-order valence-electron chi connectivity index (χ4n) is 2.19. The molecule has 0 radical (unpaired) electrons. The van der Waals surface area contributed by atoms with E-state index in [4.69, 9.17) is 0 Å². The lowest BCUT2D eigenvalue weighted by atomic mass is 10.3. The van der Waals surface area contributed by atoms with E-state index >= 15 is 0 Å². The zero-order valence-corrected chi connectivity index (χ0v) is 15.5. The van der Waals surface area contributed by atoms with Gasteiger partial charge in [-0.2, -0.15) is 5.10 Å². The Labute approximate surface area is 153 Å². The maximum absolute atomic E-state index is 12.2. The molecule has 6 heteroatoms. The molecule has 1 amide bonds. The molecule has 0 fully saturated rings. The number of aromatic nitrogens is 2. The summed E-state index contributed by atoms with van der Waals surface area (Å²) < 4.78 is 2.84. The molecule has 0 saturated carbocycles. The van der Waals surface area contributed by atoms with Crippen molar-refractivity contribution in [2.75, 3.05) is 7.05 Å². The average molecular weight is 402 g/mol. The van der Waals surface area contributed by atoms with Gasteiger partial charge in [0.2, 0.25) is 5.91 Å². The van der Waals surface area contributed by atoms with E-state index in [9.17, 15) is 4.79 Å². The maximum Gasteiger partial charge on any atom is 0.246 e.